The molecule has 0 unspecified atom stereocenters. The summed E-state index contributed by atoms with van der Waals surface area (Å²) in [5.74, 6) is -2.13. The number of primary sulfonamides is 1. The van der Waals surface area contributed by atoms with Crippen molar-refractivity contribution >= 4 is 21.7 Å². The second kappa shape index (κ2) is 4.58. The predicted molar refractivity (Wildman–Crippen MR) is 58.0 cm³/mol. The number of carboxylic acid groups (broad SMARTS) is 1. The molecule has 1 aromatic carbocycles. The minimum atomic E-state index is -4.35. The van der Waals surface area contributed by atoms with Gasteiger partial charge in [0.05, 0.1) is 17.6 Å². The van der Waals surface area contributed by atoms with E-state index < -0.39 is 42.8 Å². The summed E-state index contributed by atoms with van der Waals surface area (Å²) in [6, 6.07) is 1.39. The summed E-state index contributed by atoms with van der Waals surface area (Å²) < 4.78 is 27.1. The smallest absolute Gasteiger partial charge is 0.335 e. The van der Waals surface area contributed by atoms with Gasteiger partial charge in [0.15, 0.2) is 0 Å². The minimum absolute atomic E-state index is 0.577. The van der Waals surface area contributed by atoms with Crippen molar-refractivity contribution in [2.75, 3.05) is 7.11 Å². The summed E-state index contributed by atoms with van der Waals surface area (Å²) in [5.41, 5.74) is -1.37. The van der Waals surface area contributed by atoms with Crippen LogP contribution in [0.3, 0.4) is 0 Å². The van der Waals surface area contributed by atoms with Crippen LogP contribution >= 0.6 is 0 Å². The van der Waals surface area contributed by atoms with Crippen LogP contribution in [0.1, 0.15) is 10.4 Å². The number of hydrogen-bond donors (Lipinski definition) is 2. The number of methoxy groups -OCH3 is 1. The van der Waals surface area contributed by atoms with E-state index in [9.17, 15) is 23.3 Å². The number of carbonyl (C=O) groups is 1. The molecule has 0 aliphatic rings. The second-order valence-electron chi connectivity index (χ2n) is 3.13. The van der Waals surface area contributed by atoms with Crippen molar-refractivity contribution in [3.8, 4) is 5.75 Å². The Morgan fingerprint density at radius 1 is 1.50 bits per heavy atom. The van der Waals surface area contributed by atoms with E-state index >= 15 is 0 Å². The number of sulfonamides is 1. The fourth-order valence-electron chi connectivity index (χ4n) is 1.26. The van der Waals surface area contributed by atoms with Crippen LogP contribution in [-0.4, -0.2) is 31.5 Å². The lowest BCUT2D eigenvalue weighted by molar-refractivity contribution is -0.386. The largest absolute Gasteiger partial charge is 0.489 e. The Labute approximate surface area is 101 Å². The van der Waals surface area contributed by atoms with Crippen molar-refractivity contribution in [3.63, 3.8) is 0 Å². The van der Waals surface area contributed by atoms with E-state index in [1.165, 1.54) is 0 Å². The first-order valence-corrected chi connectivity index (χ1v) is 5.85. The number of rotatable bonds is 4. The third kappa shape index (κ3) is 2.55. The number of ether oxygens (including phenoxy) is 1. The van der Waals surface area contributed by atoms with Crippen molar-refractivity contribution < 1.29 is 28.0 Å². The van der Waals surface area contributed by atoms with Gasteiger partial charge >= 0.3 is 11.7 Å². The molecule has 0 radical (unpaired) electrons. The van der Waals surface area contributed by atoms with Gasteiger partial charge in [0.2, 0.25) is 15.8 Å². The van der Waals surface area contributed by atoms with Crippen LogP contribution in [-0.2, 0) is 10.0 Å². The topological polar surface area (TPSA) is 150 Å². The van der Waals surface area contributed by atoms with Gasteiger partial charge in [-0.25, -0.2) is 18.4 Å². The van der Waals surface area contributed by atoms with Crippen LogP contribution in [0.25, 0.3) is 0 Å². The minimum Gasteiger partial charge on any atom is -0.489 e. The maximum absolute atomic E-state index is 11.2. The molecule has 0 saturated carbocycles. The highest BCUT2D eigenvalue weighted by Gasteiger charge is 2.28. The van der Waals surface area contributed by atoms with E-state index in [0.717, 1.165) is 7.11 Å². The molecular formula is C8H8N2O7S. The number of carboxylic acids is 1. The molecule has 18 heavy (non-hydrogen) atoms. The zero-order chi connectivity index (χ0) is 14.1. The van der Waals surface area contributed by atoms with Crippen molar-refractivity contribution in [3.05, 3.63) is 27.8 Å². The molecule has 0 aliphatic heterocycles. The zero-order valence-electron chi connectivity index (χ0n) is 8.98. The van der Waals surface area contributed by atoms with Gasteiger partial charge in [-0.2, -0.15) is 0 Å². The Hall–Kier alpha value is -2.20. The van der Waals surface area contributed by atoms with Gasteiger partial charge in [-0.05, 0) is 6.07 Å². The van der Waals surface area contributed by atoms with Crippen molar-refractivity contribution in [2.24, 2.45) is 5.14 Å². The maximum atomic E-state index is 11.2. The fourth-order valence-corrected chi connectivity index (χ4v) is 2.00. The van der Waals surface area contributed by atoms with Crippen molar-refractivity contribution in [1.82, 2.24) is 0 Å². The number of nitro groups is 1. The van der Waals surface area contributed by atoms with E-state index in [1.54, 1.807) is 0 Å². The van der Waals surface area contributed by atoms with Gasteiger partial charge in [0.25, 0.3) is 0 Å². The average Bonchev–Trinajstić information content (AvgIpc) is 2.25. The monoisotopic (exact) mass is 276 g/mol. The molecule has 0 aromatic heterocycles. The Balaban J connectivity index is 3.78. The van der Waals surface area contributed by atoms with Gasteiger partial charge < -0.3 is 9.84 Å². The summed E-state index contributed by atoms with van der Waals surface area (Å²) >= 11 is 0. The molecule has 0 spiro atoms. The number of nitro benzene ring substituents is 1. The molecule has 9 nitrogen and oxygen atoms in total. The van der Waals surface area contributed by atoms with Crippen LogP contribution in [0, 0.1) is 10.1 Å². The van der Waals surface area contributed by atoms with E-state index in [1.807, 2.05) is 0 Å². The highest BCUT2D eigenvalue weighted by molar-refractivity contribution is 7.89. The summed E-state index contributed by atoms with van der Waals surface area (Å²) in [6.07, 6.45) is 0. The maximum Gasteiger partial charge on any atom is 0.335 e. The molecule has 3 N–H and O–H groups in total. The summed E-state index contributed by atoms with van der Waals surface area (Å²) in [7, 11) is -3.34. The lowest BCUT2D eigenvalue weighted by atomic mass is 10.2. The standard InChI is InChI=1S/C8H8N2O7S/c1-17-7-5(10(13)14)2-4(8(11)12)3-6(7)18(9,15)16/h2-3H,1H3,(H,11,12)(H2,9,15,16). The van der Waals surface area contributed by atoms with Gasteiger partial charge in [0.1, 0.15) is 4.90 Å². The Morgan fingerprint density at radius 2 is 2.06 bits per heavy atom. The van der Waals surface area contributed by atoms with E-state index in [0.29, 0.717) is 12.1 Å². The molecule has 0 saturated heterocycles. The lowest BCUT2D eigenvalue weighted by Gasteiger charge is -2.08. The first-order valence-electron chi connectivity index (χ1n) is 4.31. The Kier molecular flexibility index (Phi) is 3.53. The van der Waals surface area contributed by atoms with Gasteiger partial charge in [-0.1, -0.05) is 0 Å². The van der Waals surface area contributed by atoms with Crippen LogP contribution in [0.5, 0.6) is 5.75 Å². The number of aromatic carboxylic acids is 1. The lowest BCUT2D eigenvalue weighted by Crippen LogP contribution is -2.15. The third-order valence-corrected chi connectivity index (χ3v) is 2.91. The molecule has 0 amide bonds. The molecule has 0 atom stereocenters. The molecule has 1 aromatic rings. The van der Waals surface area contributed by atoms with Gasteiger partial charge in [0, 0.05) is 6.07 Å². The molecule has 0 heterocycles. The summed E-state index contributed by atoms with van der Waals surface area (Å²) in [6.45, 7) is 0. The molecule has 0 bridgehead atoms. The van der Waals surface area contributed by atoms with Crippen LogP contribution in [0.2, 0.25) is 0 Å². The summed E-state index contributed by atoms with van der Waals surface area (Å²) in [5, 5.41) is 24.3. The Morgan fingerprint density at radius 3 is 2.39 bits per heavy atom. The van der Waals surface area contributed by atoms with Crippen LogP contribution < -0.4 is 9.88 Å². The van der Waals surface area contributed by atoms with Gasteiger partial charge in [-0.15, -0.1) is 0 Å². The molecule has 1 rings (SSSR count). The SMILES string of the molecule is COc1c([N+](=O)[O-])cc(C(=O)O)cc1S(N)(=O)=O. The van der Waals surface area contributed by atoms with Crippen LogP contribution in [0.4, 0.5) is 5.69 Å². The van der Waals surface area contributed by atoms with E-state index in [2.05, 4.69) is 4.74 Å². The summed E-state index contributed by atoms with van der Waals surface area (Å²) in [4.78, 5) is 19.8. The number of nitrogens with two attached hydrogens (primary N) is 1. The number of hydrogen-bond acceptors (Lipinski definition) is 6. The highest BCUT2D eigenvalue weighted by atomic mass is 32.2. The van der Waals surface area contributed by atoms with Crippen LogP contribution in [0.15, 0.2) is 17.0 Å². The highest BCUT2D eigenvalue weighted by Crippen LogP contribution is 2.34. The van der Waals surface area contributed by atoms with E-state index in [4.69, 9.17) is 10.2 Å². The molecule has 10 heteroatoms. The van der Waals surface area contributed by atoms with Gasteiger partial charge in [-0.3, -0.25) is 10.1 Å². The predicted octanol–water partition coefficient (Wildman–Crippen LogP) is -0.0510. The fraction of sp³-hybridized carbons (Fsp3) is 0.125. The average molecular weight is 276 g/mol. The molecule has 98 valence electrons. The zero-order valence-corrected chi connectivity index (χ0v) is 9.80. The quantitative estimate of drug-likeness (QED) is 0.577. The number of nitrogens with zero attached hydrogens (tertiary/aromatic N) is 1. The third-order valence-electron chi connectivity index (χ3n) is 1.99. The van der Waals surface area contributed by atoms with Crippen molar-refractivity contribution in [1.29, 1.82) is 0 Å². The molecular weight excluding hydrogens is 268 g/mol. The Bertz CT molecular complexity index is 623. The first-order chi connectivity index (χ1) is 8.18. The first kappa shape index (κ1) is 13.9. The molecule has 0 aliphatic carbocycles. The van der Waals surface area contributed by atoms with Crippen molar-refractivity contribution in [2.45, 2.75) is 4.90 Å². The normalized spacial score (nSPS) is 11.0. The second-order valence-corrected chi connectivity index (χ2v) is 4.66. The number of benzene rings is 1. The van der Waals surface area contributed by atoms with E-state index in [-0.39, 0.29) is 0 Å². The molecule has 0 fully saturated rings.